The van der Waals surface area contributed by atoms with Gasteiger partial charge in [0.15, 0.2) is 0 Å². The molecule has 0 bridgehead atoms. The Morgan fingerprint density at radius 2 is 1.82 bits per heavy atom. The minimum absolute atomic E-state index is 0.0823. The van der Waals surface area contributed by atoms with Crippen molar-refractivity contribution in [3.8, 4) is 22.8 Å². The van der Waals surface area contributed by atoms with Gasteiger partial charge >= 0.3 is 6.09 Å². The maximum Gasteiger partial charge on any atom is 0.419 e. The number of hydrogen-bond donors (Lipinski definition) is 1. The van der Waals surface area contributed by atoms with Crippen molar-refractivity contribution in [1.29, 1.82) is 0 Å². The lowest BCUT2D eigenvalue weighted by molar-refractivity contribution is -0.129. The second kappa shape index (κ2) is 10.4. The summed E-state index contributed by atoms with van der Waals surface area (Å²) in [5.41, 5.74) is 1.79. The van der Waals surface area contributed by atoms with E-state index in [4.69, 9.17) is 14.2 Å². The van der Waals surface area contributed by atoms with E-state index in [0.717, 1.165) is 5.39 Å². The summed E-state index contributed by atoms with van der Waals surface area (Å²) in [6.45, 7) is 5.52. The molecule has 0 aliphatic heterocycles. The Kier molecular flexibility index (Phi) is 7.29. The van der Waals surface area contributed by atoms with Gasteiger partial charge in [0, 0.05) is 49.6 Å². The normalized spacial score (nSPS) is 11.3. The monoisotopic (exact) mass is 520 g/mol. The van der Waals surface area contributed by atoms with Crippen molar-refractivity contribution in [2.75, 3.05) is 33.6 Å². The molecule has 3 aromatic heterocycles. The van der Waals surface area contributed by atoms with Crippen LogP contribution >= 0.6 is 0 Å². The molecule has 0 fully saturated rings. The molecule has 200 valence electrons. The van der Waals surface area contributed by atoms with E-state index in [2.05, 4.69) is 15.4 Å². The number of likely N-dealkylation sites (N-methyl/N-ethyl adjacent to an activating group) is 1. The van der Waals surface area contributed by atoms with Crippen molar-refractivity contribution in [3.63, 3.8) is 0 Å². The average Bonchev–Trinajstić information content (AvgIpc) is 3.47. The lowest BCUT2D eigenvalue weighted by Gasteiger charge is -2.21. The van der Waals surface area contributed by atoms with Crippen LogP contribution in [0.1, 0.15) is 20.8 Å². The zero-order chi connectivity index (χ0) is 27.6. The number of benzene rings is 1. The standard InChI is InChI=1S/C27H32N6O5/c1-27(2,3)38-26(35)33-21(18-14-29-32(15-18)16-25(34)31(4)5)10-17-13-28-24(12-22(17)33)30-20-9-8-19(36-6)11-23(20)37-7/h8-15H,16H2,1-7H3,(H,28,30). The molecule has 11 heteroatoms. The van der Waals surface area contributed by atoms with Crippen molar-refractivity contribution >= 4 is 34.4 Å². The van der Waals surface area contributed by atoms with Crippen LogP contribution in [-0.4, -0.2) is 70.1 Å². The van der Waals surface area contributed by atoms with Crippen LogP contribution in [0.15, 0.2) is 48.9 Å². The predicted octanol–water partition coefficient (Wildman–Crippen LogP) is 4.53. The SMILES string of the molecule is COc1ccc(Nc2cc3c(cn2)cc(-c2cnn(CC(=O)N(C)C)c2)n3C(=O)OC(C)(C)C)c(OC)c1. The zero-order valence-electron chi connectivity index (χ0n) is 22.6. The van der Waals surface area contributed by atoms with Gasteiger partial charge < -0.3 is 24.4 Å². The van der Waals surface area contributed by atoms with Crippen LogP contribution < -0.4 is 14.8 Å². The predicted molar refractivity (Wildman–Crippen MR) is 144 cm³/mol. The summed E-state index contributed by atoms with van der Waals surface area (Å²) < 4.78 is 19.5. The highest BCUT2D eigenvalue weighted by Gasteiger charge is 2.24. The molecule has 38 heavy (non-hydrogen) atoms. The van der Waals surface area contributed by atoms with Gasteiger partial charge in [-0.3, -0.25) is 9.48 Å². The first-order chi connectivity index (χ1) is 18.0. The van der Waals surface area contributed by atoms with E-state index >= 15 is 0 Å². The number of anilines is 2. The van der Waals surface area contributed by atoms with Gasteiger partial charge in [-0.05, 0) is 39.0 Å². The van der Waals surface area contributed by atoms with Gasteiger partial charge in [0.25, 0.3) is 0 Å². The van der Waals surface area contributed by atoms with E-state index in [-0.39, 0.29) is 12.5 Å². The molecular weight excluding hydrogens is 488 g/mol. The van der Waals surface area contributed by atoms with Gasteiger partial charge in [-0.1, -0.05) is 0 Å². The Balaban J connectivity index is 1.78. The lowest BCUT2D eigenvalue weighted by Crippen LogP contribution is -2.27. The Bertz CT molecular complexity index is 1480. The second-order valence-corrected chi connectivity index (χ2v) is 9.88. The fourth-order valence-electron chi connectivity index (χ4n) is 3.79. The van der Waals surface area contributed by atoms with Crippen LogP contribution in [0.5, 0.6) is 11.5 Å². The first kappa shape index (κ1) is 26.5. The molecule has 1 aromatic carbocycles. The second-order valence-electron chi connectivity index (χ2n) is 9.88. The molecule has 4 aromatic rings. The van der Waals surface area contributed by atoms with Crippen LogP contribution in [0.4, 0.5) is 16.3 Å². The fourth-order valence-corrected chi connectivity index (χ4v) is 3.79. The Morgan fingerprint density at radius 3 is 2.47 bits per heavy atom. The largest absolute Gasteiger partial charge is 0.497 e. The molecule has 0 aliphatic rings. The lowest BCUT2D eigenvalue weighted by atomic mass is 10.2. The van der Waals surface area contributed by atoms with Gasteiger partial charge in [-0.2, -0.15) is 5.10 Å². The van der Waals surface area contributed by atoms with Crippen LogP contribution in [0.2, 0.25) is 0 Å². The van der Waals surface area contributed by atoms with Crippen molar-refractivity contribution in [2.45, 2.75) is 32.9 Å². The summed E-state index contributed by atoms with van der Waals surface area (Å²) in [4.78, 5) is 31.6. The van der Waals surface area contributed by atoms with Crippen molar-refractivity contribution < 1.29 is 23.8 Å². The van der Waals surface area contributed by atoms with E-state index < -0.39 is 11.7 Å². The average molecular weight is 521 g/mol. The van der Waals surface area contributed by atoms with E-state index in [1.807, 2.05) is 39.0 Å². The summed E-state index contributed by atoms with van der Waals surface area (Å²) in [5, 5.41) is 8.30. The van der Waals surface area contributed by atoms with E-state index in [1.54, 1.807) is 59.0 Å². The highest BCUT2D eigenvalue weighted by molar-refractivity contribution is 5.97. The quantitative estimate of drug-likeness (QED) is 0.378. The molecule has 0 saturated carbocycles. The molecular formula is C27H32N6O5. The molecule has 4 rings (SSSR count). The Labute approximate surface area is 220 Å². The number of aromatic nitrogens is 4. The molecule has 0 radical (unpaired) electrons. The number of nitrogens with one attached hydrogen (secondary N) is 1. The minimum atomic E-state index is -0.710. The molecule has 3 heterocycles. The van der Waals surface area contributed by atoms with Crippen molar-refractivity contribution in [3.05, 3.63) is 48.9 Å². The zero-order valence-corrected chi connectivity index (χ0v) is 22.6. The molecule has 0 saturated heterocycles. The maximum absolute atomic E-state index is 13.4. The third-order valence-electron chi connectivity index (χ3n) is 5.66. The Hall–Kier alpha value is -4.54. The number of nitrogens with zero attached hydrogens (tertiary/aromatic N) is 5. The van der Waals surface area contributed by atoms with Gasteiger partial charge in [0.2, 0.25) is 5.91 Å². The first-order valence-corrected chi connectivity index (χ1v) is 12.0. The van der Waals surface area contributed by atoms with Crippen LogP contribution in [-0.2, 0) is 16.1 Å². The molecule has 1 amide bonds. The number of methoxy groups -OCH3 is 2. The third kappa shape index (κ3) is 5.72. The number of amides is 1. The number of rotatable bonds is 7. The van der Waals surface area contributed by atoms with E-state index in [1.165, 1.54) is 14.1 Å². The van der Waals surface area contributed by atoms with Gasteiger partial charge in [0.1, 0.15) is 29.5 Å². The fraction of sp³-hybridized carbons (Fsp3) is 0.333. The molecule has 0 aliphatic carbocycles. The number of fused-ring (bicyclic) bond motifs is 1. The maximum atomic E-state index is 13.4. The van der Waals surface area contributed by atoms with Crippen LogP contribution in [0, 0.1) is 0 Å². The molecule has 0 spiro atoms. The number of carbonyl (C=O) groups excluding carboxylic acids is 2. The topological polar surface area (TPSA) is 113 Å². The van der Waals surface area contributed by atoms with Crippen LogP contribution in [0.3, 0.4) is 0 Å². The summed E-state index contributed by atoms with van der Waals surface area (Å²) in [6.07, 6.45) is 4.48. The summed E-state index contributed by atoms with van der Waals surface area (Å²) >= 11 is 0. The Morgan fingerprint density at radius 1 is 1.05 bits per heavy atom. The minimum Gasteiger partial charge on any atom is -0.497 e. The van der Waals surface area contributed by atoms with Gasteiger partial charge in [-0.15, -0.1) is 0 Å². The smallest absolute Gasteiger partial charge is 0.419 e. The van der Waals surface area contributed by atoms with E-state index in [9.17, 15) is 9.59 Å². The first-order valence-electron chi connectivity index (χ1n) is 12.0. The van der Waals surface area contributed by atoms with Crippen LogP contribution in [0.25, 0.3) is 22.2 Å². The number of hydrogen-bond acceptors (Lipinski definition) is 8. The van der Waals surface area contributed by atoms with Crippen molar-refractivity contribution in [1.82, 2.24) is 24.2 Å². The van der Waals surface area contributed by atoms with Crippen molar-refractivity contribution in [2.24, 2.45) is 0 Å². The molecule has 0 unspecified atom stereocenters. The highest BCUT2D eigenvalue weighted by Crippen LogP contribution is 2.34. The molecule has 11 nitrogen and oxygen atoms in total. The van der Waals surface area contributed by atoms with Gasteiger partial charge in [0.05, 0.1) is 37.3 Å². The summed E-state index contributed by atoms with van der Waals surface area (Å²) in [6, 6.07) is 9.02. The van der Waals surface area contributed by atoms with E-state index in [0.29, 0.717) is 39.8 Å². The number of ether oxygens (including phenoxy) is 3. The molecule has 0 atom stereocenters. The number of pyridine rings is 1. The molecule has 1 N–H and O–H groups in total. The number of carbonyl (C=O) groups is 2. The highest BCUT2D eigenvalue weighted by atomic mass is 16.6. The summed E-state index contributed by atoms with van der Waals surface area (Å²) in [5.74, 6) is 1.64. The third-order valence-corrected chi connectivity index (χ3v) is 5.66. The summed E-state index contributed by atoms with van der Waals surface area (Å²) in [7, 11) is 6.53. The van der Waals surface area contributed by atoms with Gasteiger partial charge in [-0.25, -0.2) is 14.3 Å².